The molecule has 0 N–H and O–H groups in total. The van der Waals surface area contributed by atoms with Gasteiger partial charge in [-0.15, -0.1) is 12.3 Å². The maximum Gasteiger partial charge on any atom is 0.310 e. The minimum atomic E-state index is -0.134. The van der Waals surface area contributed by atoms with Crippen LogP contribution in [-0.4, -0.2) is 12.6 Å². The van der Waals surface area contributed by atoms with E-state index in [-0.39, 0.29) is 17.8 Å². The third kappa shape index (κ3) is 1.13. The molecule has 54 valence electrons. The van der Waals surface area contributed by atoms with E-state index in [2.05, 4.69) is 5.92 Å². The lowest BCUT2D eigenvalue weighted by atomic mass is 9.94. The molecular formula is C8H10O2. The summed E-state index contributed by atoms with van der Waals surface area (Å²) in [5.41, 5.74) is 0. The monoisotopic (exact) mass is 138 g/mol. The molecule has 1 rings (SSSR count). The number of terminal acetylenes is 1. The van der Waals surface area contributed by atoms with Crippen molar-refractivity contribution >= 4 is 5.97 Å². The average Bonchev–Trinajstić information content (AvgIpc) is 2.34. The maximum absolute atomic E-state index is 10.9. The van der Waals surface area contributed by atoms with E-state index in [1.807, 2.05) is 6.92 Å². The largest absolute Gasteiger partial charge is 0.465 e. The van der Waals surface area contributed by atoms with Crippen molar-refractivity contribution in [2.75, 3.05) is 6.61 Å². The van der Waals surface area contributed by atoms with Gasteiger partial charge in [0.2, 0.25) is 0 Å². The molecule has 2 heteroatoms. The van der Waals surface area contributed by atoms with Gasteiger partial charge in [0.1, 0.15) is 0 Å². The van der Waals surface area contributed by atoms with Crippen LogP contribution >= 0.6 is 0 Å². The number of carbonyl (C=O) groups is 1. The smallest absolute Gasteiger partial charge is 0.310 e. The SMILES string of the molecule is C#C[C@@H](C)[C@@H]1CCOC1=O. The van der Waals surface area contributed by atoms with E-state index >= 15 is 0 Å². The highest BCUT2D eigenvalue weighted by Gasteiger charge is 2.30. The van der Waals surface area contributed by atoms with Crippen molar-refractivity contribution < 1.29 is 9.53 Å². The lowest BCUT2D eigenvalue weighted by molar-refractivity contribution is -0.141. The fourth-order valence-corrected chi connectivity index (χ4v) is 1.08. The summed E-state index contributed by atoms with van der Waals surface area (Å²) in [5, 5.41) is 0. The Morgan fingerprint density at radius 3 is 3.00 bits per heavy atom. The number of esters is 1. The Morgan fingerprint density at radius 1 is 1.90 bits per heavy atom. The van der Waals surface area contributed by atoms with Crippen LogP contribution in [0.3, 0.4) is 0 Å². The highest BCUT2D eigenvalue weighted by molar-refractivity contribution is 5.74. The van der Waals surface area contributed by atoms with Crippen molar-refractivity contribution in [1.29, 1.82) is 0 Å². The Labute approximate surface area is 60.6 Å². The van der Waals surface area contributed by atoms with Gasteiger partial charge >= 0.3 is 5.97 Å². The maximum atomic E-state index is 10.9. The number of hydrogen-bond donors (Lipinski definition) is 0. The highest BCUT2D eigenvalue weighted by atomic mass is 16.5. The summed E-state index contributed by atoms with van der Waals surface area (Å²) in [7, 11) is 0. The first-order valence-corrected chi connectivity index (χ1v) is 3.38. The molecule has 10 heavy (non-hydrogen) atoms. The molecular weight excluding hydrogens is 128 g/mol. The van der Waals surface area contributed by atoms with Crippen molar-refractivity contribution in [3.63, 3.8) is 0 Å². The molecule has 0 aromatic rings. The van der Waals surface area contributed by atoms with Gasteiger partial charge in [-0.3, -0.25) is 4.79 Å². The lowest BCUT2D eigenvalue weighted by Crippen LogP contribution is -2.14. The van der Waals surface area contributed by atoms with Gasteiger partial charge in [0.15, 0.2) is 0 Å². The van der Waals surface area contributed by atoms with E-state index in [0.717, 1.165) is 6.42 Å². The number of carbonyl (C=O) groups excluding carboxylic acids is 1. The first-order chi connectivity index (χ1) is 4.75. The molecule has 1 fully saturated rings. The van der Waals surface area contributed by atoms with Crippen molar-refractivity contribution in [2.45, 2.75) is 13.3 Å². The summed E-state index contributed by atoms with van der Waals surface area (Å²) in [4.78, 5) is 10.9. The fourth-order valence-electron chi connectivity index (χ4n) is 1.08. The van der Waals surface area contributed by atoms with Crippen LogP contribution in [0.15, 0.2) is 0 Å². The van der Waals surface area contributed by atoms with Gasteiger partial charge < -0.3 is 4.74 Å². The van der Waals surface area contributed by atoms with Crippen LogP contribution in [0.5, 0.6) is 0 Å². The van der Waals surface area contributed by atoms with Crippen LogP contribution < -0.4 is 0 Å². The topological polar surface area (TPSA) is 26.3 Å². The van der Waals surface area contributed by atoms with E-state index in [1.54, 1.807) is 0 Å². The molecule has 0 amide bonds. The van der Waals surface area contributed by atoms with Gasteiger partial charge in [0.05, 0.1) is 12.5 Å². The van der Waals surface area contributed by atoms with Gasteiger partial charge in [-0.25, -0.2) is 0 Å². The third-order valence-electron chi connectivity index (χ3n) is 1.84. The predicted molar refractivity (Wildman–Crippen MR) is 37.1 cm³/mol. The molecule has 1 aliphatic rings. The zero-order valence-electron chi connectivity index (χ0n) is 5.96. The molecule has 2 nitrogen and oxygen atoms in total. The average molecular weight is 138 g/mol. The normalized spacial score (nSPS) is 27.2. The number of cyclic esters (lactones) is 1. The predicted octanol–water partition coefficient (Wildman–Crippen LogP) is 0.819. The molecule has 1 aliphatic heterocycles. The van der Waals surface area contributed by atoms with Crippen molar-refractivity contribution in [3.05, 3.63) is 0 Å². The minimum Gasteiger partial charge on any atom is -0.465 e. The second-order valence-electron chi connectivity index (χ2n) is 2.52. The Hall–Kier alpha value is -0.970. The van der Waals surface area contributed by atoms with Gasteiger partial charge in [-0.2, -0.15) is 0 Å². The molecule has 0 saturated carbocycles. The molecule has 0 bridgehead atoms. The third-order valence-corrected chi connectivity index (χ3v) is 1.84. The van der Waals surface area contributed by atoms with Crippen LogP contribution in [0, 0.1) is 24.2 Å². The fraction of sp³-hybridized carbons (Fsp3) is 0.625. The standard InChI is InChI=1S/C8H10O2/c1-3-6(2)7-4-5-10-8(7)9/h1,6-7H,4-5H2,2H3/t6-,7+/m1/s1. The Balaban J connectivity index is 2.57. The molecule has 2 atom stereocenters. The summed E-state index contributed by atoms with van der Waals surface area (Å²) in [6.07, 6.45) is 5.94. The zero-order valence-corrected chi connectivity index (χ0v) is 5.96. The first-order valence-electron chi connectivity index (χ1n) is 3.38. The molecule has 0 spiro atoms. The Kier molecular flexibility index (Phi) is 1.96. The van der Waals surface area contributed by atoms with Crippen LogP contribution in [0.2, 0.25) is 0 Å². The van der Waals surface area contributed by atoms with E-state index in [0.29, 0.717) is 6.61 Å². The second kappa shape index (κ2) is 2.74. The van der Waals surface area contributed by atoms with E-state index in [4.69, 9.17) is 11.2 Å². The van der Waals surface area contributed by atoms with Gasteiger partial charge in [0, 0.05) is 5.92 Å². The summed E-state index contributed by atoms with van der Waals surface area (Å²) < 4.78 is 4.75. The lowest BCUT2D eigenvalue weighted by Gasteiger charge is -2.06. The van der Waals surface area contributed by atoms with Gasteiger partial charge in [-0.05, 0) is 6.42 Å². The van der Waals surface area contributed by atoms with Crippen LogP contribution in [0.4, 0.5) is 0 Å². The molecule has 0 aliphatic carbocycles. The molecule has 0 radical (unpaired) electrons. The molecule has 0 unspecified atom stereocenters. The van der Waals surface area contributed by atoms with Crippen molar-refractivity contribution in [2.24, 2.45) is 11.8 Å². The number of rotatable bonds is 1. The summed E-state index contributed by atoms with van der Waals surface area (Å²) in [6.45, 7) is 2.41. The van der Waals surface area contributed by atoms with Crippen molar-refractivity contribution in [1.82, 2.24) is 0 Å². The number of hydrogen-bond acceptors (Lipinski definition) is 2. The van der Waals surface area contributed by atoms with E-state index in [1.165, 1.54) is 0 Å². The van der Waals surface area contributed by atoms with Gasteiger partial charge in [-0.1, -0.05) is 6.92 Å². The van der Waals surface area contributed by atoms with E-state index < -0.39 is 0 Å². The Bertz CT molecular complexity index is 178. The van der Waals surface area contributed by atoms with Gasteiger partial charge in [0.25, 0.3) is 0 Å². The summed E-state index contributed by atoms with van der Waals surface area (Å²) in [5.74, 6) is 2.37. The minimum absolute atomic E-state index is 0.0231. The second-order valence-corrected chi connectivity index (χ2v) is 2.52. The van der Waals surface area contributed by atoms with Crippen LogP contribution in [-0.2, 0) is 9.53 Å². The quantitative estimate of drug-likeness (QED) is 0.396. The molecule has 0 aromatic carbocycles. The molecule has 1 saturated heterocycles. The summed E-state index contributed by atoms with van der Waals surface area (Å²) >= 11 is 0. The Morgan fingerprint density at radius 2 is 2.60 bits per heavy atom. The molecule has 1 heterocycles. The summed E-state index contributed by atoms with van der Waals surface area (Å²) in [6, 6.07) is 0. The molecule has 0 aromatic heterocycles. The van der Waals surface area contributed by atoms with Crippen LogP contribution in [0.1, 0.15) is 13.3 Å². The first kappa shape index (κ1) is 7.14. The zero-order chi connectivity index (χ0) is 7.56. The van der Waals surface area contributed by atoms with E-state index in [9.17, 15) is 4.79 Å². The number of ether oxygens (including phenoxy) is 1. The highest BCUT2D eigenvalue weighted by Crippen LogP contribution is 2.22. The van der Waals surface area contributed by atoms with Crippen LogP contribution in [0.25, 0.3) is 0 Å². The van der Waals surface area contributed by atoms with Crippen molar-refractivity contribution in [3.8, 4) is 12.3 Å².